The smallest absolute Gasteiger partial charge is 0.257 e. The molecular weight excluding hydrogens is 436 g/mol. The van der Waals surface area contributed by atoms with E-state index in [0.29, 0.717) is 11.6 Å². The molecule has 5 rings (SSSR count). The van der Waals surface area contributed by atoms with E-state index < -0.39 is 0 Å². The molecule has 35 heavy (non-hydrogen) atoms. The molecular formula is C28H30N6O. The molecule has 178 valence electrons. The highest BCUT2D eigenvalue weighted by atomic mass is 16.1. The number of anilines is 2. The summed E-state index contributed by atoms with van der Waals surface area (Å²) in [7, 11) is 0. The van der Waals surface area contributed by atoms with Crippen molar-refractivity contribution in [2.24, 2.45) is 0 Å². The van der Waals surface area contributed by atoms with Gasteiger partial charge in [-0.15, -0.1) is 0 Å². The highest BCUT2D eigenvalue weighted by Crippen LogP contribution is 2.25. The Balaban J connectivity index is 1.15. The van der Waals surface area contributed by atoms with Gasteiger partial charge in [-0.05, 0) is 62.2 Å². The average Bonchev–Trinajstić information content (AvgIpc) is 3.41. The zero-order valence-corrected chi connectivity index (χ0v) is 19.8. The van der Waals surface area contributed by atoms with Gasteiger partial charge < -0.3 is 15.5 Å². The maximum Gasteiger partial charge on any atom is 0.257 e. The lowest BCUT2D eigenvalue weighted by molar-refractivity contribution is 0.102. The van der Waals surface area contributed by atoms with Crippen LogP contribution in [0.15, 0.2) is 91.5 Å². The molecule has 1 saturated heterocycles. The van der Waals surface area contributed by atoms with E-state index in [2.05, 4.69) is 56.9 Å². The monoisotopic (exact) mass is 466 g/mol. The van der Waals surface area contributed by atoms with Crippen molar-refractivity contribution in [3.63, 3.8) is 0 Å². The van der Waals surface area contributed by atoms with Crippen LogP contribution in [-0.4, -0.2) is 39.8 Å². The third kappa shape index (κ3) is 5.58. The van der Waals surface area contributed by atoms with Crippen LogP contribution in [0.5, 0.6) is 0 Å². The van der Waals surface area contributed by atoms with Crippen molar-refractivity contribution in [1.29, 1.82) is 0 Å². The average molecular weight is 467 g/mol. The minimum atomic E-state index is -0.150. The number of rotatable bonds is 7. The predicted molar refractivity (Wildman–Crippen MR) is 139 cm³/mol. The summed E-state index contributed by atoms with van der Waals surface area (Å²) in [5, 5.41) is 11.3. The Bertz CT molecular complexity index is 1250. The zero-order valence-electron chi connectivity index (χ0n) is 19.8. The fraction of sp³-hybridized carbons (Fsp3) is 0.250. The third-order valence-electron chi connectivity index (χ3n) is 6.50. The Morgan fingerprint density at radius 1 is 0.971 bits per heavy atom. The molecule has 3 heterocycles. The van der Waals surface area contributed by atoms with Gasteiger partial charge >= 0.3 is 0 Å². The molecule has 0 radical (unpaired) electrons. The first-order valence-corrected chi connectivity index (χ1v) is 12.1. The van der Waals surface area contributed by atoms with Crippen LogP contribution in [0.3, 0.4) is 0 Å². The van der Waals surface area contributed by atoms with Gasteiger partial charge in [0.1, 0.15) is 0 Å². The van der Waals surface area contributed by atoms with Crippen molar-refractivity contribution in [3.05, 3.63) is 103 Å². The van der Waals surface area contributed by atoms with Crippen LogP contribution in [0.4, 0.5) is 11.4 Å². The van der Waals surface area contributed by atoms with Gasteiger partial charge in [0.15, 0.2) is 0 Å². The van der Waals surface area contributed by atoms with E-state index in [0.717, 1.165) is 43.0 Å². The first kappa shape index (κ1) is 22.8. The second kappa shape index (κ2) is 10.5. The number of nitrogens with zero attached hydrogens (tertiary/aromatic N) is 4. The summed E-state index contributed by atoms with van der Waals surface area (Å²) in [6.07, 6.45) is 9.41. The molecule has 2 aromatic heterocycles. The Morgan fingerprint density at radius 3 is 2.54 bits per heavy atom. The normalized spacial score (nSPS) is 15.1. The van der Waals surface area contributed by atoms with Crippen LogP contribution >= 0.6 is 0 Å². The van der Waals surface area contributed by atoms with Crippen molar-refractivity contribution in [2.75, 3.05) is 23.3 Å². The first-order chi connectivity index (χ1) is 17.2. The Hall–Kier alpha value is -3.97. The highest BCUT2D eigenvalue weighted by Gasteiger charge is 2.22. The summed E-state index contributed by atoms with van der Waals surface area (Å²) >= 11 is 0. The number of pyridine rings is 1. The van der Waals surface area contributed by atoms with E-state index >= 15 is 0 Å². The Kier molecular flexibility index (Phi) is 6.86. The van der Waals surface area contributed by atoms with E-state index in [1.807, 2.05) is 47.3 Å². The van der Waals surface area contributed by atoms with Crippen molar-refractivity contribution in [3.8, 4) is 5.69 Å². The number of para-hydroxylation sites is 1. The van der Waals surface area contributed by atoms with Gasteiger partial charge in [0.25, 0.3) is 5.91 Å². The minimum absolute atomic E-state index is 0.150. The molecule has 7 heteroatoms. The molecule has 1 fully saturated rings. The van der Waals surface area contributed by atoms with Crippen LogP contribution in [0.25, 0.3) is 5.69 Å². The molecule has 0 spiro atoms. The highest BCUT2D eigenvalue weighted by molar-refractivity contribution is 6.04. The fourth-order valence-corrected chi connectivity index (χ4v) is 4.52. The topological polar surface area (TPSA) is 75.1 Å². The van der Waals surface area contributed by atoms with Crippen molar-refractivity contribution in [1.82, 2.24) is 20.1 Å². The number of piperidine rings is 1. The molecule has 1 atom stereocenters. The number of carbonyl (C=O) groups excluding carboxylic acids is 1. The van der Waals surface area contributed by atoms with Gasteiger partial charge in [0, 0.05) is 60.7 Å². The van der Waals surface area contributed by atoms with E-state index in [-0.39, 0.29) is 11.9 Å². The molecule has 0 bridgehead atoms. The molecule has 4 aromatic rings. The number of benzene rings is 2. The van der Waals surface area contributed by atoms with E-state index in [1.165, 1.54) is 5.56 Å². The van der Waals surface area contributed by atoms with Crippen LogP contribution in [0.2, 0.25) is 0 Å². The number of aromatic nitrogens is 3. The lowest BCUT2D eigenvalue weighted by Gasteiger charge is -2.35. The van der Waals surface area contributed by atoms with Gasteiger partial charge in [-0.1, -0.05) is 24.3 Å². The molecule has 2 aromatic carbocycles. The van der Waals surface area contributed by atoms with Crippen molar-refractivity contribution < 1.29 is 4.79 Å². The lowest BCUT2D eigenvalue weighted by Crippen LogP contribution is -2.43. The van der Waals surface area contributed by atoms with E-state index in [9.17, 15) is 4.79 Å². The number of carbonyl (C=O) groups is 1. The number of amides is 1. The number of hydrogen-bond acceptors (Lipinski definition) is 5. The molecule has 1 amide bonds. The van der Waals surface area contributed by atoms with Gasteiger partial charge in [0.05, 0.1) is 17.4 Å². The summed E-state index contributed by atoms with van der Waals surface area (Å²) in [6, 6.07) is 22.5. The summed E-state index contributed by atoms with van der Waals surface area (Å²) < 4.78 is 1.93. The number of hydrogen-bond donors (Lipinski definition) is 2. The Labute approximate surface area is 205 Å². The van der Waals surface area contributed by atoms with E-state index in [4.69, 9.17) is 0 Å². The van der Waals surface area contributed by atoms with Crippen LogP contribution in [-0.2, 0) is 0 Å². The molecule has 0 unspecified atom stereocenters. The molecule has 1 aliphatic heterocycles. The van der Waals surface area contributed by atoms with Crippen molar-refractivity contribution >= 4 is 17.3 Å². The summed E-state index contributed by atoms with van der Waals surface area (Å²) in [6.45, 7) is 4.13. The number of nitrogens with one attached hydrogen (secondary N) is 2. The molecule has 0 aliphatic carbocycles. The molecule has 2 N–H and O–H groups in total. The van der Waals surface area contributed by atoms with Gasteiger partial charge in [0.2, 0.25) is 0 Å². The standard InChI is InChI=1S/C28H30N6O/c1-21(23-19-30-34(20-23)26-9-3-2-4-10-26)31-24-12-15-33(16-13-24)27-11-5-8-25(17-27)32-28(35)22-7-6-14-29-18-22/h2-11,14,17-21,24,31H,12-13,15-16H2,1H3,(H,32,35)/t21-/m1/s1. The maximum absolute atomic E-state index is 12.5. The first-order valence-electron chi connectivity index (χ1n) is 12.1. The SMILES string of the molecule is C[C@@H](NC1CCN(c2cccc(NC(=O)c3cccnc3)c2)CC1)c1cnn(-c2ccccc2)c1. The predicted octanol–water partition coefficient (Wildman–Crippen LogP) is 4.84. The Morgan fingerprint density at radius 2 is 1.77 bits per heavy atom. The van der Waals surface area contributed by atoms with Gasteiger partial charge in [-0.3, -0.25) is 9.78 Å². The molecule has 7 nitrogen and oxygen atoms in total. The lowest BCUT2D eigenvalue weighted by atomic mass is 10.0. The van der Waals surface area contributed by atoms with E-state index in [1.54, 1.807) is 24.5 Å². The summed E-state index contributed by atoms with van der Waals surface area (Å²) in [4.78, 5) is 18.9. The largest absolute Gasteiger partial charge is 0.371 e. The third-order valence-corrected chi connectivity index (χ3v) is 6.50. The minimum Gasteiger partial charge on any atom is -0.371 e. The second-order valence-electron chi connectivity index (χ2n) is 8.95. The zero-order chi connectivity index (χ0) is 24.0. The summed E-state index contributed by atoms with van der Waals surface area (Å²) in [5.74, 6) is -0.150. The fourth-order valence-electron chi connectivity index (χ4n) is 4.52. The maximum atomic E-state index is 12.5. The van der Waals surface area contributed by atoms with Gasteiger partial charge in [-0.2, -0.15) is 5.10 Å². The van der Waals surface area contributed by atoms with Crippen LogP contribution in [0.1, 0.15) is 41.7 Å². The molecule has 1 aliphatic rings. The van der Waals surface area contributed by atoms with Crippen LogP contribution < -0.4 is 15.5 Å². The second-order valence-corrected chi connectivity index (χ2v) is 8.95. The van der Waals surface area contributed by atoms with Crippen LogP contribution in [0, 0.1) is 0 Å². The summed E-state index contributed by atoms with van der Waals surface area (Å²) in [5.41, 5.74) is 4.73. The molecule has 0 saturated carbocycles. The van der Waals surface area contributed by atoms with Crippen molar-refractivity contribution in [2.45, 2.75) is 31.8 Å². The van der Waals surface area contributed by atoms with Gasteiger partial charge in [-0.25, -0.2) is 4.68 Å². The quantitative estimate of drug-likeness (QED) is 0.408.